The lowest BCUT2D eigenvalue weighted by Gasteiger charge is -2.10. The van der Waals surface area contributed by atoms with Crippen molar-refractivity contribution in [1.82, 2.24) is 5.32 Å². The minimum absolute atomic E-state index is 0.164. The highest BCUT2D eigenvalue weighted by Crippen LogP contribution is 2.21. The summed E-state index contributed by atoms with van der Waals surface area (Å²) >= 11 is 0. The summed E-state index contributed by atoms with van der Waals surface area (Å²) in [5.41, 5.74) is 6.69. The van der Waals surface area contributed by atoms with Gasteiger partial charge in [-0.2, -0.15) is 0 Å². The zero-order chi connectivity index (χ0) is 13.4. The van der Waals surface area contributed by atoms with Crippen LogP contribution in [0.25, 0.3) is 0 Å². The first-order chi connectivity index (χ1) is 8.69. The Morgan fingerprint density at radius 1 is 1.44 bits per heavy atom. The van der Waals surface area contributed by atoms with Crippen molar-refractivity contribution in [3.8, 4) is 5.75 Å². The van der Waals surface area contributed by atoms with Crippen LogP contribution in [-0.2, 0) is 4.74 Å². The van der Waals surface area contributed by atoms with Gasteiger partial charge in [0.1, 0.15) is 5.75 Å². The number of nitrogens with one attached hydrogen (secondary N) is 1. The lowest BCUT2D eigenvalue weighted by molar-refractivity contribution is 0.0941. The Morgan fingerprint density at radius 2 is 2.22 bits per heavy atom. The number of nitrogens with two attached hydrogens (primary N) is 1. The Morgan fingerprint density at radius 3 is 2.89 bits per heavy atom. The van der Waals surface area contributed by atoms with Crippen LogP contribution in [0, 0.1) is 0 Å². The van der Waals surface area contributed by atoms with Crippen molar-refractivity contribution in [3.05, 3.63) is 23.8 Å². The first kappa shape index (κ1) is 14.3. The fourth-order valence-electron chi connectivity index (χ4n) is 1.51. The van der Waals surface area contributed by atoms with E-state index in [9.17, 15) is 4.79 Å². The molecule has 5 heteroatoms. The average molecular weight is 252 g/mol. The molecule has 1 rings (SSSR count). The van der Waals surface area contributed by atoms with Crippen LogP contribution in [0.5, 0.6) is 5.75 Å². The number of hydrogen-bond donors (Lipinski definition) is 2. The molecule has 0 spiro atoms. The van der Waals surface area contributed by atoms with Gasteiger partial charge in [0, 0.05) is 31.5 Å². The Balaban J connectivity index is 2.51. The predicted molar refractivity (Wildman–Crippen MR) is 70.8 cm³/mol. The number of hydrogen-bond acceptors (Lipinski definition) is 4. The maximum Gasteiger partial charge on any atom is 0.255 e. The first-order valence-corrected chi connectivity index (χ1v) is 5.98. The molecule has 0 saturated heterocycles. The van der Waals surface area contributed by atoms with Crippen LogP contribution < -0.4 is 15.8 Å². The molecule has 0 aliphatic carbocycles. The molecule has 0 saturated carbocycles. The van der Waals surface area contributed by atoms with E-state index in [1.807, 2.05) is 6.92 Å². The summed E-state index contributed by atoms with van der Waals surface area (Å²) in [4.78, 5) is 11.9. The first-order valence-electron chi connectivity index (χ1n) is 5.98. The molecule has 0 aromatic heterocycles. The maximum atomic E-state index is 11.9. The summed E-state index contributed by atoms with van der Waals surface area (Å²) in [6.45, 7) is 3.86. The Bertz CT molecular complexity index is 394. The van der Waals surface area contributed by atoms with Crippen molar-refractivity contribution in [2.24, 2.45) is 0 Å². The third-order valence-electron chi connectivity index (χ3n) is 2.43. The van der Waals surface area contributed by atoms with Gasteiger partial charge in [0.15, 0.2) is 0 Å². The number of carbonyl (C=O) groups is 1. The summed E-state index contributed by atoms with van der Waals surface area (Å²) in [6.07, 6.45) is 0.789. The van der Waals surface area contributed by atoms with E-state index in [4.69, 9.17) is 15.2 Å². The molecule has 3 N–H and O–H groups in total. The summed E-state index contributed by atoms with van der Waals surface area (Å²) < 4.78 is 10.3. The molecule has 1 aromatic carbocycles. The highest BCUT2D eigenvalue weighted by atomic mass is 16.5. The molecule has 0 unspecified atom stereocenters. The van der Waals surface area contributed by atoms with Crippen LogP contribution in [-0.4, -0.2) is 32.8 Å². The number of carbonyl (C=O) groups excluding carboxylic acids is 1. The van der Waals surface area contributed by atoms with E-state index >= 15 is 0 Å². The molecule has 0 aliphatic rings. The van der Waals surface area contributed by atoms with Gasteiger partial charge in [-0.05, 0) is 25.5 Å². The van der Waals surface area contributed by atoms with Crippen molar-refractivity contribution in [1.29, 1.82) is 0 Å². The van der Waals surface area contributed by atoms with Gasteiger partial charge < -0.3 is 20.5 Å². The Labute approximate surface area is 107 Å². The molecule has 0 radical (unpaired) electrons. The standard InChI is InChI=1S/C13H20N2O3/c1-3-18-8-4-7-15-13(16)11-6-5-10(14)9-12(11)17-2/h5-6,9H,3-4,7-8,14H2,1-2H3,(H,15,16). The van der Waals surface area contributed by atoms with E-state index < -0.39 is 0 Å². The minimum atomic E-state index is -0.164. The highest BCUT2D eigenvalue weighted by molar-refractivity contribution is 5.97. The van der Waals surface area contributed by atoms with Gasteiger partial charge in [-0.3, -0.25) is 4.79 Å². The van der Waals surface area contributed by atoms with Crippen LogP contribution >= 0.6 is 0 Å². The number of benzene rings is 1. The fourth-order valence-corrected chi connectivity index (χ4v) is 1.51. The molecule has 0 bridgehead atoms. The van der Waals surface area contributed by atoms with Gasteiger partial charge in [-0.1, -0.05) is 0 Å². The smallest absolute Gasteiger partial charge is 0.255 e. The third-order valence-corrected chi connectivity index (χ3v) is 2.43. The van der Waals surface area contributed by atoms with Gasteiger partial charge in [-0.15, -0.1) is 0 Å². The SMILES string of the molecule is CCOCCCNC(=O)c1ccc(N)cc1OC. The van der Waals surface area contributed by atoms with E-state index in [0.29, 0.717) is 36.8 Å². The number of anilines is 1. The average Bonchev–Trinajstić information content (AvgIpc) is 2.38. The summed E-state index contributed by atoms with van der Waals surface area (Å²) in [7, 11) is 1.51. The van der Waals surface area contributed by atoms with Crippen LogP contribution in [0.2, 0.25) is 0 Å². The molecular formula is C13H20N2O3. The van der Waals surface area contributed by atoms with Crippen LogP contribution in [0.4, 0.5) is 5.69 Å². The van der Waals surface area contributed by atoms with Crippen LogP contribution in [0.1, 0.15) is 23.7 Å². The zero-order valence-corrected chi connectivity index (χ0v) is 10.9. The number of rotatable bonds is 7. The number of ether oxygens (including phenoxy) is 2. The molecule has 1 amide bonds. The third kappa shape index (κ3) is 4.25. The van der Waals surface area contributed by atoms with E-state index in [0.717, 1.165) is 6.42 Å². The molecule has 0 fully saturated rings. The maximum absolute atomic E-state index is 11.9. The normalized spacial score (nSPS) is 10.1. The van der Waals surface area contributed by atoms with Gasteiger partial charge in [0.2, 0.25) is 0 Å². The number of methoxy groups -OCH3 is 1. The van der Waals surface area contributed by atoms with E-state index in [1.54, 1.807) is 18.2 Å². The van der Waals surface area contributed by atoms with Gasteiger partial charge in [0.25, 0.3) is 5.91 Å². The molecule has 0 aliphatic heterocycles. The molecule has 100 valence electrons. The highest BCUT2D eigenvalue weighted by Gasteiger charge is 2.11. The largest absolute Gasteiger partial charge is 0.496 e. The zero-order valence-electron chi connectivity index (χ0n) is 10.9. The second kappa shape index (κ2) is 7.55. The van der Waals surface area contributed by atoms with E-state index in [1.165, 1.54) is 7.11 Å². The van der Waals surface area contributed by atoms with Gasteiger partial charge in [0.05, 0.1) is 12.7 Å². The number of amides is 1. The molecule has 1 aromatic rings. The predicted octanol–water partition coefficient (Wildman–Crippen LogP) is 1.43. The minimum Gasteiger partial charge on any atom is -0.496 e. The monoisotopic (exact) mass is 252 g/mol. The number of nitrogen functional groups attached to an aromatic ring is 1. The lowest BCUT2D eigenvalue weighted by Crippen LogP contribution is -2.25. The molecule has 18 heavy (non-hydrogen) atoms. The second-order valence-corrected chi connectivity index (χ2v) is 3.77. The van der Waals surface area contributed by atoms with E-state index in [-0.39, 0.29) is 5.91 Å². The van der Waals surface area contributed by atoms with E-state index in [2.05, 4.69) is 5.32 Å². The molecule has 0 atom stereocenters. The molecule has 0 heterocycles. The van der Waals surface area contributed by atoms with Gasteiger partial charge >= 0.3 is 0 Å². The van der Waals surface area contributed by atoms with Crippen molar-refractivity contribution in [3.63, 3.8) is 0 Å². The Hall–Kier alpha value is -1.75. The quantitative estimate of drug-likeness (QED) is 0.569. The molecule has 5 nitrogen and oxygen atoms in total. The van der Waals surface area contributed by atoms with Crippen molar-refractivity contribution in [2.45, 2.75) is 13.3 Å². The fraction of sp³-hybridized carbons (Fsp3) is 0.462. The summed E-state index contributed by atoms with van der Waals surface area (Å²) in [6, 6.07) is 4.97. The topological polar surface area (TPSA) is 73.6 Å². The molecular weight excluding hydrogens is 232 g/mol. The van der Waals surface area contributed by atoms with Crippen molar-refractivity contribution < 1.29 is 14.3 Å². The second-order valence-electron chi connectivity index (χ2n) is 3.77. The van der Waals surface area contributed by atoms with Crippen molar-refractivity contribution >= 4 is 11.6 Å². The van der Waals surface area contributed by atoms with Crippen LogP contribution in [0.15, 0.2) is 18.2 Å². The van der Waals surface area contributed by atoms with Crippen LogP contribution in [0.3, 0.4) is 0 Å². The summed E-state index contributed by atoms with van der Waals surface area (Å²) in [5, 5.41) is 2.81. The van der Waals surface area contributed by atoms with Gasteiger partial charge in [-0.25, -0.2) is 0 Å². The lowest BCUT2D eigenvalue weighted by atomic mass is 10.1. The Kier molecular flexibility index (Phi) is 6.00. The van der Waals surface area contributed by atoms with Crippen molar-refractivity contribution in [2.75, 3.05) is 32.6 Å². The summed E-state index contributed by atoms with van der Waals surface area (Å²) in [5.74, 6) is 0.320.